The highest BCUT2D eigenvalue weighted by atomic mass is 16.1. The molecule has 0 spiro atoms. The van der Waals surface area contributed by atoms with Gasteiger partial charge in [-0.15, -0.1) is 0 Å². The van der Waals surface area contributed by atoms with Gasteiger partial charge in [-0.3, -0.25) is 19.4 Å². The Hall–Kier alpha value is -2.96. The maximum atomic E-state index is 13.1. The largest absolute Gasteiger partial charge is 0.352 e. The van der Waals surface area contributed by atoms with Crippen LogP contribution in [-0.4, -0.2) is 26.4 Å². The van der Waals surface area contributed by atoms with Crippen molar-refractivity contribution in [2.24, 2.45) is 5.92 Å². The number of hydrogen-bond donors (Lipinski definition) is 2. The molecule has 3 aromatic heterocycles. The Morgan fingerprint density at radius 3 is 2.70 bits per heavy atom. The standard InChI is InChI=1S/C23H31N5O2/c1-4-5-6-7-9-12-25-22(29)17-14-18-21(28(20(17)24)15-16(2)3)26-19-11-8-10-13-27(19)23(18)30/h8,10-11,13-14,16,24H,4-7,9,12,15H2,1-3H3,(H,25,29). The first kappa shape index (κ1) is 21.7. The van der Waals surface area contributed by atoms with Gasteiger partial charge in [-0.05, 0) is 30.5 Å². The molecule has 30 heavy (non-hydrogen) atoms. The fraction of sp³-hybridized carbons (Fsp3) is 0.478. The summed E-state index contributed by atoms with van der Waals surface area (Å²) in [5.41, 5.74) is 1.04. The highest BCUT2D eigenvalue weighted by Gasteiger charge is 2.17. The molecular formula is C23H31N5O2. The van der Waals surface area contributed by atoms with Crippen LogP contribution in [0.5, 0.6) is 0 Å². The second-order valence-electron chi connectivity index (χ2n) is 8.16. The van der Waals surface area contributed by atoms with Gasteiger partial charge in [0.15, 0.2) is 0 Å². The molecule has 0 fully saturated rings. The number of nitrogens with one attached hydrogen (secondary N) is 2. The van der Waals surface area contributed by atoms with Crippen LogP contribution in [0.2, 0.25) is 0 Å². The second-order valence-corrected chi connectivity index (χ2v) is 8.16. The monoisotopic (exact) mass is 409 g/mol. The average molecular weight is 410 g/mol. The van der Waals surface area contributed by atoms with Crippen LogP contribution in [0.1, 0.15) is 63.2 Å². The van der Waals surface area contributed by atoms with Crippen LogP contribution in [0.3, 0.4) is 0 Å². The highest BCUT2D eigenvalue weighted by Crippen LogP contribution is 2.12. The van der Waals surface area contributed by atoms with E-state index in [-0.39, 0.29) is 28.4 Å². The number of carbonyl (C=O) groups excluding carboxylic acids is 1. The third kappa shape index (κ3) is 4.61. The zero-order valence-electron chi connectivity index (χ0n) is 18.1. The van der Waals surface area contributed by atoms with E-state index < -0.39 is 0 Å². The summed E-state index contributed by atoms with van der Waals surface area (Å²) in [7, 11) is 0. The summed E-state index contributed by atoms with van der Waals surface area (Å²) in [5.74, 6) is -0.0809. The molecule has 7 nitrogen and oxygen atoms in total. The lowest BCUT2D eigenvalue weighted by molar-refractivity contribution is 0.0950. The van der Waals surface area contributed by atoms with Crippen molar-refractivity contribution in [3.05, 3.63) is 51.9 Å². The summed E-state index contributed by atoms with van der Waals surface area (Å²) < 4.78 is 3.16. The van der Waals surface area contributed by atoms with Crippen LogP contribution < -0.4 is 16.4 Å². The molecule has 160 valence electrons. The van der Waals surface area contributed by atoms with E-state index in [4.69, 9.17) is 5.41 Å². The van der Waals surface area contributed by atoms with Crippen LogP contribution >= 0.6 is 0 Å². The predicted molar refractivity (Wildman–Crippen MR) is 119 cm³/mol. The highest BCUT2D eigenvalue weighted by molar-refractivity contribution is 5.96. The SMILES string of the molecule is CCCCCCCNC(=O)c1cc2c(=O)n3ccccc3nc2n(CC(C)C)c1=N. The first-order chi connectivity index (χ1) is 14.4. The van der Waals surface area contributed by atoms with Gasteiger partial charge in [-0.2, -0.15) is 0 Å². The summed E-state index contributed by atoms with van der Waals surface area (Å²) in [6.45, 7) is 7.32. The number of fused-ring (bicyclic) bond motifs is 2. The molecule has 3 heterocycles. The number of hydrogen-bond acceptors (Lipinski definition) is 4. The molecule has 2 N–H and O–H groups in total. The molecular weight excluding hydrogens is 378 g/mol. The van der Waals surface area contributed by atoms with Gasteiger partial charge in [0.2, 0.25) is 0 Å². The second kappa shape index (κ2) is 9.69. The van der Waals surface area contributed by atoms with Crippen LogP contribution in [0.15, 0.2) is 35.3 Å². The van der Waals surface area contributed by atoms with Crippen molar-refractivity contribution in [1.82, 2.24) is 19.3 Å². The molecule has 0 bridgehead atoms. The van der Waals surface area contributed by atoms with Gasteiger partial charge in [-0.1, -0.05) is 52.5 Å². The average Bonchev–Trinajstić information content (AvgIpc) is 2.72. The van der Waals surface area contributed by atoms with E-state index in [0.717, 1.165) is 19.3 Å². The van der Waals surface area contributed by atoms with Crippen molar-refractivity contribution in [2.45, 2.75) is 59.4 Å². The van der Waals surface area contributed by atoms with E-state index in [1.807, 2.05) is 19.9 Å². The van der Waals surface area contributed by atoms with E-state index in [0.29, 0.717) is 29.8 Å². The molecule has 0 saturated heterocycles. The summed E-state index contributed by atoms with van der Waals surface area (Å²) in [4.78, 5) is 30.6. The van der Waals surface area contributed by atoms with Crippen molar-refractivity contribution >= 4 is 22.6 Å². The van der Waals surface area contributed by atoms with Gasteiger partial charge in [0.25, 0.3) is 11.5 Å². The van der Waals surface area contributed by atoms with Crippen LogP contribution in [0, 0.1) is 11.3 Å². The third-order valence-electron chi connectivity index (χ3n) is 5.18. The molecule has 3 rings (SSSR count). The minimum Gasteiger partial charge on any atom is -0.352 e. The molecule has 0 aliphatic heterocycles. The van der Waals surface area contributed by atoms with Gasteiger partial charge < -0.3 is 9.88 Å². The Kier molecular flexibility index (Phi) is 7.03. The fourth-order valence-electron chi connectivity index (χ4n) is 3.63. The van der Waals surface area contributed by atoms with Gasteiger partial charge in [0.05, 0.1) is 10.9 Å². The minimum atomic E-state index is -0.313. The first-order valence-electron chi connectivity index (χ1n) is 10.8. The first-order valence-corrected chi connectivity index (χ1v) is 10.8. The smallest absolute Gasteiger partial charge is 0.267 e. The number of nitrogens with zero attached hydrogens (tertiary/aromatic N) is 3. The van der Waals surface area contributed by atoms with Crippen molar-refractivity contribution in [3.63, 3.8) is 0 Å². The quantitative estimate of drug-likeness (QED) is 0.419. The van der Waals surface area contributed by atoms with Crippen LogP contribution in [0.4, 0.5) is 0 Å². The lowest BCUT2D eigenvalue weighted by atomic mass is 10.1. The summed E-state index contributed by atoms with van der Waals surface area (Å²) in [6, 6.07) is 6.89. The van der Waals surface area contributed by atoms with E-state index in [9.17, 15) is 9.59 Å². The van der Waals surface area contributed by atoms with Crippen molar-refractivity contribution in [1.29, 1.82) is 5.41 Å². The predicted octanol–water partition coefficient (Wildman–Crippen LogP) is 3.48. The number of aromatic nitrogens is 3. The van der Waals surface area contributed by atoms with Gasteiger partial charge in [-0.25, -0.2) is 4.98 Å². The van der Waals surface area contributed by atoms with Gasteiger partial charge in [0, 0.05) is 19.3 Å². The molecule has 3 aromatic rings. The topological polar surface area (TPSA) is 92.2 Å². The minimum absolute atomic E-state index is 0.0897. The van der Waals surface area contributed by atoms with Gasteiger partial charge in [0.1, 0.15) is 16.8 Å². The summed E-state index contributed by atoms with van der Waals surface area (Å²) >= 11 is 0. The molecule has 0 aromatic carbocycles. The third-order valence-corrected chi connectivity index (χ3v) is 5.18. The molecule has 1 amide bonds. The van der Waals surface area contributed by atoms with Crippen LogP contribution in [0.25, 0.3) is 16.7 Å². The zero-order valence-corrected chi connectivity index (χ0v) is 18.1. The molecule has 7 heteroatoms. The zero-order chi connectivity index (χ0) is 21.7. The van der Waals surface area contributed by atoms with Crippen LogP contribution in [-0.2, 0) is 6.54 Å². The fourth-order valence-corrected chi connectivity index (χ4v) is 3.63. The van der Waals surface area contributed by atoms with E-state index in [1.54, 1.807) is 22.9 Å². The number of amides is 1. The van der Waals surface area contributed by atoms with Crippen molar-refractivity contribution in [2.75, 3.05) is 6.54 Å². The van der Waals surface area contributed by atoms with Crippen molar-refractivity contribution in [3.8, 4) is 0 Å². The Bertz CT molecular complexity index is 1160. The number of rotatable bonds is 9. The van der Waals surface area contributed by atoms with Gasteiger partial charge >= 0.3 is 0 Å². The molecule has 0 aliphatic rings. The Labute approximate surface area is 176 Å². The van der Waals surface area contributed by atoms with Crippen molar-refractivity contribution < 1.29 is 4.79 Å². The summed E-state index contributed by atoms with van der Waals surface area (Å²) in [5, 5.41) is 11.9. The Balaban J connectivity index is 2.02. The molecule has 0 saturated carbocycles. The maximum absolute atomic E-state index is 13.1. The number of carbonyl (C=O) groups is 1. The molecule has 0 atom stereocenters. The lowest BCUT2D eigenvalue weighted by Crippen LogP contribution is -2.36. The molecule has 0 unspecified atom stereocenters. The number of unbranched alkanes of at least 4 members (excludes halogenated alkanes) is 4. The summed E-state index contributed by atoms with van der Waals surface area (Å²) in [6.07, 6.45) is 7.20. The Morgan fingerprint density at radius 2 is 1.97 bits per heavy atom. The lowest BCUT2D eigenvalue weighted by Gasteiger charge is -2.16. The van der Waals surface area contributed by atoms with E-state index in [2.05, 4.69) is 17.2 Å². The molecule has 0 radical (unpaired) electrons. The molecule has 0 aliphatic carbocycles. The Morgan fingerprint density at radius 1 is 1.20 bits per heavy atom. The normalized spacial score (nSPS) is 11.5. The number of pyridine rings is 2. The van der Waals surface area contributed by atoms with E-state index >= 15 is 0 Å². The van der Waals surface area contributed by atoms with E-state index in [1.165, 1.54) is 23.3 Å². The maximum Gasteiger partial charge on any atom is 0.267 e.